The maximum atomic E-state index is 12.8. The number of hydrogen-bond donors (Lipinski definition) is 1. The number of benzene rings is 1. The fourth-order valence-electron chi connectivity index (χ4n) is 3.78. The van der Waals surface area contributed by atoms with Gasteiger partial charge in [-0.2, -0.15) is 5.26 Å². The number of esters is 1. The van der Waals surface area contributed by atoms with Gasteiger partial charge < -0.3 is 10.1 Å². The molecule has 0 bridgehead atoms. The molecule has 6 heteroatoms. The Morgan fingerprint density at radius 3 is 2.96 bits per heavy atom. The second-order valence-electron chi connectivity index (χ2n) is 6.96. The van der Waals surface area contributed by atoms with Crippen LogP contribution < -0.4 is 5.32 Å². The van der Waals surface area contributed by atoms with Crippen LogP contribution in [0.2, 0.25) is 0 Å². The van der Waals surface area contributed by atoms with E-state index in [4.69, 9.17) is 4.74 Å². The predicted octanol–water partition coefficient (Wildman–Crippen LogP) is 3.78. The number of carbonyl (C=O) groups excluding carboxylic acids is 2. The molecule has 4 rings (SSSR count). The van der Waals surface area contributed by atoms with E-state index < -0.39 is 12.1 Å². The van der Waals surface area contributed by atoms with Crippen molar-refractivity contribution in [1.82, 2.24) is 0 Å². The van der Waals surface area contributed by atoms with Crippen molar-refractivity contribution < 1.29 is 14.3 Å². The zero-order chi connectivity index (χ0) is 19.0. The van der Waals surface area contributed by atoms with E-state index in [9.17, 15) is 14.9 Å². The first-order chi connectivity index (χ1) is 13.1. The fourth-order valence-corrected chi connectivity index (χ4v) is 5.02. The third kappa shape index (κ3) is 3.24. The molecule has 1 unspecified atom stereocenters. The van der Waals surface area contributed by atoms with Crippen LogP contribution in [0.4, 0.5) is 5.00 Å². The van der Waals surface area contributed by atoms with Crippen LogP contribution in [0.3, 0.4) is 0 Å². The van der Waals surface area contributed by atoms with Crippen molar-refractivity contribution in [2.24, 2.45) is 0 Å². The molecule has 0 spiro atoms. The Morgan fingerprint density at radius 1 is 1.37 bits per heavy atom. The van der Waals surface area contributed by atoms with Gasteiger partial charge in [0.1, 0.15) is 11.1 Å². The molecule has 1 aromatic carbocycles. The third-order valence-electron chi connectivity index (χ3n) is 5.26. The van der Waals surface area contributed by atoms with Gasteiger partial charge in [0.05, 0.1) is 11.1 Å². The first-order valence-corrected chi connectivity index (χ1v) is 10.1. The molecule has 1 aliphatic carbocycles. The number of fused-ring (bicyclic) bond motifs is 2. The predicted molar refractivity (Wildman–Crippen MR) is 103 cm³/mol. The number of nitrogens with one attached hydrogen (secondary N) is 1. The molecule has 5 nitrogen and oxygen atoms in total. The number of thiophene rings is 1. The van der Waals surface area contributed by atoms with Crippen molar-refractivity contribution in [2.75, 3.05) is 5.32 Å². The molecule has 2 aromatic rings. The highest BCUT2D eigenvalue weighted by atomic mass is 32.1. The number of ether oxygens (including phenoxy) is 1. The molecule has 2 heterocycles. The molecule has 27 heavy (non-hydrogen) atoms. The van der Waals surface area contributed by atoms with E-state index in [0.717, 1.165) is 48.8 Å². The standard InChI is InChI=1S/C21H20N2O3S/c1-2-12-7-8-14-13(9-12)10-17(26-21(14)25)19(24)23-20-16(11-22)15-5-3-4-6-18(15)27-20/h7-9,17H,2-6,10H2,1H3,(H,23,24). The molecule has 1 atom stereocenters. The molecular weight excluding hydrogens is 360 g/mol. The summed E-state index contributed by atoms with van der Waals surface area (Å²) in [5, 5.41) is 13.0. The number of hydrogen-bond acceptors (Lipinski definition) is 5. The first kappa shape index (κ1) is 17.7. The highest BCUT2D eigenvalue weighted by Crippen LogP contribution is 2.38. The molecular formula is C21H20N2O3S. The summed E-state index contributed by atoms with van der Waals surface area (Å²) in [6.45, 7) is 2.05. The van der Waals surface area contributed by atoms with Crippen molar-refractivity contribution >= 4 is 28.2 Å². The largest absolute Gasteiger partial charge is 0.448 e. The number of nitrogens with zero attached hydrogens (tertiary/aromatic N) is 1. The van der Waals surface area contributed by atoms with Crippen LogP contribution in [-0.4, -0.2) is 18.0 Å². The van der Waals surface area contributed by atoms with Gasteiger partial charge >= 0.3 is 5.97 Å². The summed E-state index contributed by atoms with van der Waals surface area (Å²) in [6, 6.07) is 7.89. The number of amides is 1. The summed E-state index contributed by atoms with van der Waals surface area (Å²) >= 11 is 1.48. The molecule has 2 aliphatic rings. The van der Waals surface area contributed by atoms with E-state index in [1.165, 1.54) is 16.2 Å². The van der Waals surface area contributed by atoms with E-state index in [1.54, 1.807) is 6.07 Å². The topological polar surface area (TPSA) is 79.2 Å². The minimum Gasteiger partial charge on any atom is -0.448 e. The Morgan fingerprint density at radius 2 is 2.19 bits per heavy atom. The van der Waals surface area contributed by atoms with Crippen LogP contribution >= 0.6 is 11.3 Å². The average molecular weight is 380 g/mol. The minimum atomic E-state index is -0.872. The summed E-state index contributed by atoms with van der Waals surface area (Å²) in [4.78, 5) is 26.2. The van der Waals surface area contributed by atoms with Crippen LogP contribution in [0.5, 0.6) is 0 Å². The molecule has 1 aliphatic heterocycles. The second-order valence-corrected chi connectivity index (χ2v) is 8.06. The summed E-state index contributed by atoms with van der Waals surface area (Å²) < 4.78 is 5.37. The Bertz CT molecular complexity index is 971. The summed E-state index contributed by atoms with van der Waals surface area (Å²) in [5.41, 5.74) is 4.14. The maximum absolute atomic E-state index is 12.8. The normalized spacial score (nSPS) is 18.1. The molecule has 1 aromatic heterocycles. The van der Waals surface area contributed by atoms with Gasteiger partial charge in [-0.3, -0.25) is 4.79 Å². The zero-order valence-corrected chi connectivity index (χ0v) is 15.9. The Balaban J connectivity index is 1.57. The van der Waals surface area contributed by atoms with Gasteiger partial charge in [0.15, 0.2) is 6.10 Å². The molecule has 0 fully saturated rings. The van der Waals surface area contributed by atoms with Crippen LogP contribution in [0, 0.1) is 11.3 Å². The lowest BCUT2D eigenvalue weighted by Crippen LogP contribution is -2.38. The summed E-state index contributed by atoms with van der Waals surface area (Å²) in [5.74, 6) is -0.837. The Hall–Kier alpha value is -2.65. The van der Waals surface area contributed by atoms with Gasteiger partial charge in [-0.1, -0.05) is 19.1 Å². The van der Waals surface area contributed by atoms with E-state index >= 15 is 0 Å². The van der Waals surface area contributed by atoms with Crippen molar-refractivity contribution in [1.29, 1.82) is 5.26 Å². The fraction of sp³-hybridized carbons (Fsp3) is 0.381. The van der Waals surface area contributed by atoms with Crippen LogP contribution in [-0.2, 0) is 35.2 Å². The van der Waals surface area contributed by atoms with E-state index in [0.29, 0.717) is 22.5 Å². The molecule has 1 amide bonds. The van der Waals surface area contributed by atoms with Crippen molar-refractivity contribution in [3.05, 3.63) is 50.9 Å². The lowest BCUT2D eigenvalue weighted by Gasteiger charge is -2.24. The highest BCUT2D eigenvalue weighted by molar-refractivity contribution is 7.16. The van der Waals surface area contributed by atoms with E-state index in [2.05, 4.69) is 18.3 Å². The lowest BCUT2D eigenvalue weighted by molar-refractivity contribution is -0.125. The van der Waals surface area contributed by atoms with E-state index in [1.807, 2.05) is 12.1 Å². The van der Waals surface area contributed by atoms with Gasteiger partial charge in [-0.15, -0.1) is 11.3 Å². The first-order valence-electron chi connectivity index (χ1n) is 9.29. The number of aryl methyl sites for hydroxylation is 2. The van der Waals surface area contributed by atoms with Crippen LogP contribution in [0.25, 0.3) is 0 Å². The average Bonchev–Trinajstić information content (AvgIpc) is 3.04. The van der Waals surface area contributed by atoms with Crippen molar-refractivity contribution in [2.45, 2.75) is 51.6 Å². The zero-order valence-electron chi connectivity index (χ0n) is 15.1. The third-order valence-corrected chi connectivity index (χ3v) is 6.47. The lowest BCUT2D eigenvalue weighted by atomic mass is 9.95. The number of nitriles is 1. The van der Waals surface area contributed by atoms with Crippen LogP contribution in [0.15, 0.2) is 18.2 Å². The molecule has 0 radical (unpaired) electrons. The van der Waals surface area contributed by atoms with E-state index in [-0.39, 0.29) is 5.91 Å². The monoisotopic (exact) mass is 380 g/mol. The Kier molecular flexibility index (Phi) is 4.71. The van der Waals surface area contributed by atoms with Gasteiger partial charge in [0.25, 0.3) is 5.91 Å². The molecule has 1 N–H and O–H groups in total. The second kappa shape index (κ2) is 7.16. The number of anilines is 1. The molecule has 0 saturated carbocycles. The quantitative estimate of drug-likeness (QED) is 0.822. The minimum absolute atomic E-state index is 0.355. The number of rotatable bonds is 3. The summed E-state index contributed by atoms with van der Waals surface area (Å²) in [7, 11) is 0. The van der Waals surface area contributed by atoms with Crippen LogP contribution in [0.1, 0.15) is 57.3 Å². The van der Waals surface area contributed by atoms with Crippen molar-refractivity contribution in [3.63, 3.8) is 0 Å². The Labute approximate surface area is 162 Å². The summed E-state index contributed by atoms with van der Waals surface area (Å²) in [6.07, 6.45) is 4.37. The van der Waals surface area contributed by atoms with Gasteiger partial charge in [0.2, 0.25) is 0 Å². The van der Waals surface area contributed by atoms with Crippen molar-refractivity contribution in [3.8, 4) is 6.07 Å². The van der Waals surface area contributed by atoms with Gasteiger partial charge in [-0.25, -0.2) is 4.79 Å². The van der Waals surface area contributed by atoms with Gasteiger partial charge in [-0.05, 0) is 54.9 Å². The number of cyclic esters (lactones) is 1. The number of carbonyl (C=O) groups is 2. The SMILES string of the molecule is CCc1ccc2c(c1)CC(C(=O)Nc1sc3c(c1C#N)CCCC3)OC2=O. The molecule has 0 saturated heterocycles. The highest BCUT2D eigenvalue weighted by Gasteiger charge is 2.32. The smallest absolute Gasteiger partial charge is 0.339 e. The molecule has 138 valence electrons. The maximum Gasteiger partial charge on any atom is 0.339 e. The van der Waals surface area contributed by atoms with Gasteiger partial charge in [0, 0.05) is 11.3 Å².